The first kappa shape index (κ1) is 18.5. The third-order valence-electron chi connectivity index (χ3n) is 5.36. The fraction of sp³-hybridized carbons (Fsp3) is 0.364. The van der Waals surface area contributed by atoms with Gasteiger partial charge in [0.1, 0.15) is 5.75 Å². The van der Waals surface area contributed by atoms with Crippen LogP contribution < -0.4 is 10.1 Å². The summed E-state index contributed by atoms with van der Waals surface area (Å²) < 4.78 is 7.92. The molecule has 1 amide bonds. The van der Waals surface area contributed by atoms with Gasteiger partial charge in [0.25, 0.3) is 5.91 Å². The lowest BCUT2D eigenvalue weighted by Crippen LogP contribution is -2.33. The summed E-state index contributed by atoms with van der Waals surface area (Å²) in [7, 11) is 0. The zero-order valence-corrected chi connectivity index (χ0v) is 16.4. The highest BCUT2D eigenvalue weighted by atomic mass is 16.5. The predicted octanol–water partition coefficient (Wildman–Crippen LogP) is 3.32. The Morgan fingerprint density at radius 2 is 1.93 bits per heavy atom. The Bertz CT molecular complexity index is 953. The zero-order valence-electron chi connectivity index (χ0n) is 16.4. The van der Waals surface area contributed by atoms with Gasteiger partial charge >= 0.3 is 0 Å². The molecule has 6 nitrogen and oxygen atoms in total. The molecule has 28 heavy (non-hydrogen) atoms. The van der Waals surface area contributed by atoms with E-state index in [4.69, 9.17) is 4.74 Å². The van der Waals surface area contributed by atoms with Crippen molar-refractivity contribution in [1.82, 2.24) is 14.5 Å². The highest BCUT2D eigenvalue weighted by Gasteiger charge is 2.29. The second-order valence-electron chi connectivity index (χ2n) is 7.01. The molecule has 1 aliphatic heterocycles. The second kappa shape index (κ2) is 8.02. The quantitative estimate of drug-likeness (QED) is 0.685. The molecule has 0 aliphatic carbocycles. The van der Waals surface area contributed by atoms with E-state index in [1.54, 1.807) is 0 Å². The lowest BCUT2D eigenvalue weighted by molar-refractivity contribution is -0.122. The van der Waals surface area contributed by atoms with Gasteiger partial charge in [-0.3, -0.25) is 10.1 Å². The zero-order chi connectivity index (χ0) is 19.5. The number of hydrogen-bond donors (Lipinski definition) is 1. The average Bonchev–Trinajstić information content (AvgIpc) is 3.30. The molecule has 2 aromatic carbocycles. The number of nitrogens with zero attached hydrogens (tertiary/aromatic N) is 3. The van der Waals surface area contributed by atoms with Crippen LogP contribution in [0, 0.1) is 0 Å². The number of carbonyl (C=O) groups is 1. The van der Waals surface area contributed by atoms with Gasteiger partial charge in [0.2, 0.25) is 5.95 Å². The fourth-order valence-corrected chi connectivity index (χ4v) is 3.70. The van der Waals surface area contributed by atoms with Crippen LogP contribution in [-0.4, -0.2) is 46.1 Å². The van der Waals surface area contributed by atoms with Gasteiger partial charge in [-0.15, -0.1) is 0 Å². The Hall–Kier alpha value is -2.86. The number of amides is 1. The molecular weight excluding hydrogens is 352 g/mol. The molecule has 1 aromatic heterocycles. The first-order chi connectivity index (χ1) is 13.7. The van der Waals surface area contributed by atoms with Gasteiger partial charge in [-0.1, -0.05) is 44.2 Å². The SMILES string of the molecule is CCN(CC)CCn1c(NC(=O)[C@H]2Cc3ccccc3O2)nc2ccccc21. The molecule has 0 saturated heterocycles. The molecule has 146 valence electrons. The van der Waals surface area contributed by atoms with E-state index in [1.807, 2.05) is 48.5 Å². The first-order valence-electron chi connectivity index (χ1n) is 9.92. The van der Waals surface area contributed by atoms with Crippen molar-refractivity contribution in [2.24, 2.45) is 0 Å². The van der Waals surface area contributed by atoms with Crippen molar-refractivity contribution in [3.8, 4) is 5.75 Å². The normalized spacial score (nSPS) is 15.6. The average molecular weight is 378 g/mol. The van der Waals surface area contributed by atoms with Gasteiger partial charge in [0.15, 0.2) is 6.10 Å². The minimum atomic E-state index is -0.520. The summed E-state index contributed by atoms with van der Waals surface area (Å²) in [5, 5.41) is 3.01. The number of ether oxygens (including phenoxy) is 1. The van der Waals surface area contributed by atoms with Gasteiger partial charge in [-0.25, -0.2) is 4.98 Å². The van der Waals surface area contributed by atoms with Crippen molar-refractivity contribution in [3.05, 3.63) is 54.1 Å². The summed E-state index contributed by atoms with van der Waals surface area (Å²) in [6.45, 7) is 7.99. The maximum atomic E-state index is 12.9. The number of likely N-dealkylation sites (N-methyl/N-ethyl adjacent to an activating group) is 1. The Morgan fingerprint density at radius 3 is 2.71 bits per heavy atom. The summed E-state index contributed by atoms with van der Waals surface area (Å²) in [5.41, 5.74) is 2.98. The van der Waals surface area contributed by atoms with Crippen LogP contribution in [0.3, 0.4) is 0 Å². The standard InChI is InChI=1S/C22H26N4O2/c1-3-25(4-2)13-14-26-18-11-7-6-10-17(18)23-22(26)24-21(27)20-15-16-9-5-8-12-19(16)28-20/h5-12,20H,3-4,13-15H2,1-2H3,(H,23,24,27)/t20-/m1/s1. The minimum absolute atomic E-state index is 0.157. The molecule has 6 heteroatoms. The van der Waals surface area contributed by atoms with Crippen molar-refractivity contribution in [2.45, 2.75) is 32.9 Å². The molecule has 0 spiro atoms. The molecule has 1 N–H and O–H groups in total. The molecule has 3 aromatic rings. The van der Waals surface area contributed by atoms with Gasteiger partial charge in [0.05, 0.1) is 11.0 Å². The maximum absolute atomic E-state index is 12.9. The largest absolute Gasteiger partial charge is 0.480 e. The van der Waals surface area contributed by atoms with E-state index in [1.165, 1.54) is 0 Å². The van der Waals surface area contributed by atoms with E-state index in [0.29, 0.717) is 12.4 Å². The number of anilines is 1. The van der Waals surface area contributed by atoms with E-state index in [9.17, 15) is 4.79 Å². The molecule has 0 fully saturated rings. The number of carbonyl (C=O) groups excluding carboxylic acids is 1. The molecule has 0 saturated carbocycles. The third kappa shape index (κ3) is 3.60. The summed E-state index contributed by atoms with van der Waals surface area (Å²) in [6, 6.07) is 15.8. The van der Waals surface area contributed by atoms with Gasteiger partial charge in [-0.2, -0.15) is 0 Å². The molecule has 1 atom stereocenters. The summed E-state index contributed by atoms with van der Waals surface area (Å²) in [4.78, 5) is 19.9. The number of aromatic nitrogens is 2. The number of para-hydroxylation sites is 3. The third-order valence-corrected chi connectivity index (χ3v) is 5.36. The topological polar surface area (TPSA) is 59.4 Å². The van der Waals surface area contributed by atoms with Crippen LogP contribution in [0.15, 0.2) is 48.5 Å². The highest BCUT2D eigenvalue weighted by Crippen LogP contribution is 2.29. The molecular formula is C22H26N4O2. The fourth-order valence-electron chi connectivity index (χ4n) is 3.70. The second-order valence-corrected chi connectivity index (χ2v) is 7.01. The number of fused-ring (bicyclic) bond motifs is 2. The van der Waals surface area contributed by atoms with Gasteiger partial charge in [-0.05, 0) is 36.9 Å². The molecule has 0 radical (unpaired) electrons. The molecule has 0 unspecified atom stereocenters. The number of imidazole rings is 1. The van der Waals surface area contributed by atoms with Crippen LogP contribution in [0.25, 0.3) is 11.0 Å². The van der Waals surface area contributed by atoms with Gasteiger partial charge < -0.3 is 14.2 Å². The van der Waals surface area contributed by atoms with Crippen LogP contribution in [0.2, 0.25) is 0 Å². The smallest absolute Gasteiger partial charge is 0.268 e. The molecule has 4 rings (SSSR count). The van der Waals surface area contributed by atoms with E-state index < -0.39 is 6.10 Å². The number of hydrogen-bond acceptors (Lipinski definition) is 4. The van der Waals surface area contributed by atoms with E-state index in [2.05, 4.69) is 33.6 Å². The number of rotatable bonds is 7. The summed E-state index contributed by atoms with van der Waals surface area (Å²) >= 11 is 0. The first-order valence-corrected chi connectivity index (χ1v) is 9.92. The summed E-state index contributed by atoms with van der Waals surface area (Å²) in [5.74, 6) is 1.21. The lowest BCUT2D eigenvalue weighted by atomic mass is 10.1. The van der Waals surface area contributed by atoms with Crippen LogP contribution >= 0.6 is 0 Å². The summed E-state index contributed by atoms with van der Waals surface area (Å²) in [6.07, 6.45) is 0.0650. The predicted molar refractivity (Wildman–Crippen MR) is 111 cm³/mol. The molecule has 2 heterocycles. The van der Waals surface area contributed by atoms with Crippen LogP contribution in [-0.2, 0) is 17.8 Å². The Balaban J connectivity index is 1.54. The van der Waals surface area contributed by atoms with E-state index in [-0.39, 0.29) is 5.91 Å². The Morgan fingerprint density at radius 1 is 1.18 bits per heavy atom. The number of nitrogens with one attached hydrogen (secondary N) is 1. The van der Waals surface area contributed by atoms with Crippen molar-refractivity contribution < 1.29 is 9.53 Å². The van der Waals surface area contributed by atoms with Crippen molar-refractivity contribution in [3.63, 3.8) is 0 Å². The van der Waals surface area contributed by atoms with Crippen molar-refractivity contribution in [2.75, 3.05) is 25.0 Å². The monoisotopic (exact) mass is 378 g/mol. The van der Waals surface area contributed by atoms with Gasteiger partial charge in [0, 0.05) is 19.5 Å². The Kier molecular flexibility index (Phi) is 5.30. The van der Waals surface area contributed by atoms with Crippen LogP contribution in [0.5, 0.6) is 5.75 Å². The molecule has 0 bridgehead atoms. The molecule has 1 aliphatic rings. The van der Waals surface area contributed by atoms with E-state index in [0.717, 1.165) is 48.5 Å². The Labute approximate surface area is 165 Å². The van der Waals surface area contributed by atoms with Crippen molar-refractivity contribution in [1.29, 1.82) is 0 Å². The van der Waals surface area contributed by atoms with Crippen LogP contribution in [0.1, 0.15) is 19.4 Å². The van der Waals surface area contributed by atoms with Crippen molar-refractivity contribution >= 4 is 22.9 Å². The minimum Gasteiger partial charge on any atom is -0.480 e. The van der Waals surface area contributed by atoms with E-state index >= 15 is 0 Å². The van der Waals surface area contributed by atoms with Crippen LogP contribution in [0.4, 0.5) is 5.95 Å². The maximum Gasteiger partial charge on any atom is 0.268 e. The lowest BCUT2D eigenvalue weighted by Gasteiger charge is -2.19. The number of benzene rings is 2. The highest BCUT2D eigenvalue weighted by molar-refractivity contribution is 5.95.